The summed E-state index contributed by atoms with van der Waals surface area (Å²) in [5.41, 5.74) is 5.21. The maximum absolute atomic E-state index is 10.7. The maximum Gasteiger partial charge on any atom is 0.346 e. The first-order chi connectivity index (χ1) is 7.91. The highest BCUT2D eigenvalue weighted by Gasteiger charge is 2.23. The molecule has 0 aliphatic carbocycles. The van der Waals surface area contributed by atoms with Gasteiger partial charge in [-0.25, -0.2) is 4.99 Å². The number of aliphatic carboxylic acids is 1. The Morgan fingerprint density at radius 3 is 2.00 bits per heavy atom. The van der Waals surface area contributed by atoms with Gasteiger partial charge in [0.1, 0.15) is 19.1 Å². The summed E-state index contributed by atoms with van der Waals surface area (Å²) in [6.07, 6.45) is -2.02. The Balaban J connectivity index is 4.90. The normalized spacial score (nSPS) is 13.4. The first-order valence-electron chi connectivity index (χ1n) is 4.26. The lowest BCUT2D eigenvalue weighted by Gasteiger charge is -2.21. The molecule has 18 heavy (non-hydrogen) atoms. The van der Waals surface area contributed by atoms with Gasteiger partial charge in [0.2, 0.25) is 0 Å². The van der Waals surface area contributed by atoms with E-state index in [1.54, 1.807) is 0 Å². The van der Waals surface area contributed by atoms with Gasteiger partial charge in [0, 0.05) is 0 Å². The van der Waals surface area contributed by atoms with Crippen LogP contribution >= 0.6 is 15.2 Å². The molecule has 0 unspecified atom stereocenters. The second-order valence-electron chi connectivity index (χ2n) is 3.22. The molecule has 0 aromatic heterocycles. The molecule has 106 valence electrons. The number of hydrogen-bond acceptors (Lipinski definition) is 4. The summed E-state index contributed by atoms with van der Waals surface area (Å²) in [4.78, 5) is 48.6. The molecule has 0 aromatic rings. The lowest BCUT2D eigenvalue weighted by molar-refractivity contribution is -0.137. The number of nitrogens with two attached hydrogens (primary N) is 1. The zero-order valence-electron chi connectivity index (χ0n) is 8.95. The summed E-state index contributed by atoms with van der Waals surface area (Å²) < 4.78 is 21.2. The molecule has 0 radical (unpaired) electrons. The highest BCUT2D eigenvalue weighted by molar-refractivity contribution is 7.52. The second kappa shape index (κ2) is 6.28. The van der Waals surface area contributed by atoms with Crippen LogP contribution in [0.1, 0.15) is 0 Å². The van der Waals surface area contributed by atoms with Crippen LogP contribution in [0.2, 0.25) is 0 Å². The highest BCUT2D eigenvalue weighted by atomic mass is 31.2. The predicted molar refractivity (Wildman–Crippen MR) is 59.8 cm³/mol. The zero-order chi connectivity index (χ0) is 14.6. The van der Waals surface area contributed by atoms with Crippen LogP contribution in [0, 0.1) is 0 Å². The molecule has 0 heterocycles. The molecule has 0 atom stereocenters. The van der Waals surface area contributed by atoms with Gasteiger partial charge in [-0.05, 0) is 0 Å². The van der Waals surface area contributed by atoms with Crippen LogP contribution in [0.3, 0.4) is 0 Å². The maximum atomic E-state index is 10.7. The molecule has 0 spiro atoms. The molecule has 0 rings (SSSR count). The molecule has 11 nitrogen and oxygen atoms in total. The molecule has 0 aliphatic heterocycles. The fraction of sp³-hybridized carbons (Fsp3) is 0.600. The minimum atomic E-state index is -4.59. The number of nitrogens with zero attached hydrogens (tertiary/aromatic N) is 2. The summed E-state index contributed by atoms with van der Waals surface area (Å²) >= 11 is 0. The Labute approximate surface area is 101 Å². The largest absolute Gasteiger partial charge is 0.480 e. The molecule has 0 aromatic carbocycles. The Morgan fingerprint density at radius 2 is 1.67 bits per heavy atom. The van der Waals surface area contributed by atoms with Crippen LogP contribution in [0.5, 0.6) is 0 Å². The van der Waals surface area contributed by atoms with Crippen LogP contribution in [-0.4, -0.2) is 60.6 Å². The summed E-state index contributed by atoms with van der Waals surface area (Å²) in [7, 11) is -9.07. The summed E-state index contributed by atoms with van der Waals surface area (Å²) in [6.45, 7) is -0.860. The zero-order valence-corrected chi connectivity index (χ0v) is 10.7. The van der Waals surface area contributed by atoms with E-state index in [9.17, 15) is 13.9 Å². The highest BCUT2D eigenvalue weighted by Crippen LogP contribution is 2.36. The van der Waals surface area contributed by atoms with Crippen LogP contribution in [0.25, 0.3) is 0 Å². The average molecular weight is 305 g/mol. The van der Waals surface area contributed by atoms with Crippen molar-refractivity contribution in [2.75, 3.05) is 19.1 Å². The molecule has 13 heteroatoms. The molecule has 0 fully saturated rings. The Kier molecular flexibility index (Phi) is 5.94. The van der Waals surface area contributed by atoms with E-state index in [0.29, 0.717) is 4.90 Å². The summed E-state index contributed by atoms with van der Waals surface area (Å²) in [5.74, 6) is -2.11. The Bertz CT molecular complexity index is 424. The summed E-state index contributed by atoms with van der Waals surface area (Å²) in [6, 6.07) is 0. The summed E-state index contributed by atoms with van der Waals surface area (Å²) in [5, 5.41) is 8.50. The molecule has 0 aliphatic rings. The van der Waals surface area contributed by atoms with Gasteiger partial charge in [0.25, 0.3) is 0 Å². The standard InChI is InChI=1S/C5H13N3O8P2/c6-5(7-2-17(11,12)13)8(1-4(9)10)3-18(14,15)16/h1-3H2,(H2,6,7)(H,9,10)(H2,11,12,13)(H2,14,15,16). The molecular formula is C5H13N3O8P2. The monoisotopic (exact) mass is 305 g/mol. The van der Waals surface area contributed by atoms with Gasteiger partial charge in [-0.3, -0.25) is 13.9 Å². The predicted octanol–water partition coefficient (Wildman–Crippen LogP) is -2.04. The van der Waals surface area contributed by atoms with Gasteiger partial charge in [0.15, 0.2) is 5.96 Å². The number of carbonyl (C=O) groups is 1. The van der Waals surface area contributed by atoms with Crippen LogP contribution in [0.15, 0.2) is 4.99 Å². The third-order valence-electron chi connectivity index (χ3n) is 1.42. The third kappa shape index (κ3) is 9.11. The van der Waals surface area contributed by atoms with Crippen molar-refractivity contribution >= 4 is 27.1 Å². The van der Waals surface area contributed by atoms with Gasteiger partial charge in [0.05, 0.1) is 0 Å². The molecular weight excluding hydrogens is 292 g/mol. The van der Waals surface area contributed by atoms with Gasteiger partial charge in [-0.15, -0.1) is 0 Å². The molecule has 0 bridgehead atoms. The minimum absolute atomic E-state index is 0.513. The molecule has 0 saturated carbocycles. The number of guanidine groups is 1. The fourth-order valence-electron chi connectivity index (χ4n) is 0.854. The molecule has 7 N–H and O–H groups in total. The van der Waals surface area contributed by atoms with Crippen molar-refractivity contribution < 1.29 is 38.6 Å². The van der Waals surface area contributed by atoms with Gasteiger partial charge in [-0.1, -0.05) is 0 Å². The minimum Gasteiger partial charge on any atom is -0.480 e. The molecule has 0 saturated heterocycles. The third-order valence-corrected chi connectivity index (χ3v) is 2.64. The van der Waals surface area contributed by atoms with E-state index in [1.807, 2.05) is 0 Å². The topological polar surface area (TPSA) is 194 Å². The number of carboxylic acids is 1. The Morgan fingerprint density at radius 1 is 1.17 bits per heavy atom. The van der Waals surface area contributed by atoms with E-state index in [4.69, 9.17) is 30.4 Å². The fourth-order valence-corrected chi connectivity index (χ4v) is 1.87. The van der Waals surface area contributed by atoms with Crippen molar-refractivity contribution in [2.45, 2.75) is 0 Å². The van der Waals surface area contributed by atoms with E-state index >= 15 is 0 Å². The first kappa shape index (κ1) is 17.0. The SMILES string of the molecule is N/C(=N\CP(=O)(O)O)N(CC(=O)O)CP(=O)(O)O. The lowest BCUT2D eigenvalue weighted by Crippen LogP contribution is -2.41. The quantitative estimate of drug-likeness (QED) is 0.181. The van der Waals surface area contributed by atoms with E-state index < -0.39 is 46.2 Å². The number of rotatable bonds is 6. The van der Waals surface area contributed by atoms with Crippen molar-refractivity contribution in [1.29, 1.82) is 0 Å². The lowest BCUT2D eigenvalue weighted by atomic mass is 10.6. The second-order valence-corrected chi connectivity index (χ2v) is 6.44. The van der Waals surface area contributed by atoms with Crippen molar-refractivity contribution in [2.24, 2.45) is 10.7 Å². The van der Waals surface area contributed by atoms with Crippen LogP contribution < -0.4 is 5.73 Å². The van der Waals surface area contributed by atoms with Gasteiger partial charge in [-0.2, -0.15) is 0 Å². The van der Waals surface area contributed by atoms with E-state index in [-0.39, 0.29) is 0 Å². The van der Waals surface area contributed by atoms with Crippen LogP contribution in [-0.2, 0) is 13.9 Å². The van der Waals surface area contributed by atoms with Crippen molar-refractivity contribution in [1.82, 2.24) is 4.90 Å². The Hall–Kier alpha value is -0.960. The van der Waals surface area contributed by atoms with Crippen molar-refractivity contribution in [3.05, 3.63) is 0 Å². The average Bonchev–Trinajstić information content (AvgIpc) is 2.08. The number of hydrogen-bond donors (Lipinski definition) is 6. The number of aliphatic imine (C=N–C) groups is 1. The number of carboxylic acid groups (broad SMARTS) is 1. The van der Waals surface area contributed by atoms with Crippen LogP contribution in [0.4, 0.5) is 0 Å². The molecule has 0 amide bonds. The van der Waals surface area contributed by atoms with E-state index in [1.165, 1.54) is 0 Å². The smallest absolute Gasteiger partial charge is 0.346 e. The van der Waals surface area contributed by atoms with Gasteiger partial charge >= 0.3 is 21.2 Å². The van der Waals surface area contributed by atoms with Crippen molar-refractivity contribution in [3.8, 4) is 0 Å². The first-order valence-corrected chi connectivity index (χ1v) is 7.86. The van der Waals surface area contributed by atoms with Gasteiger partial charge < -0.3 is 35.3 Å². The van der Waals surface area contributed by atoms with E-state index in [2.05, 4.69) is 4.99 Å². The van der Waals surface area contributed by atoms with E-state index in [0.717, 1.165) is 0 Å². The van der Waals surface area contributed by atoms with Crippen molar-refractivity contribution in [3.63, 3.8) is 0 Å².